The zero-order valence-electron chi connectivity index (χ0n) is 9.76. The summed E-state index contributed by atoms with van der Waals surface area (Å²) in [5.41, 5.74) is 2.94. The van der Waals surface area contributed by atoms with Crippen LogP contribution in [0.2, 0.25) is 0 Å². The number of carbonyl (C=O) groups is 1. The van der Waals surface area contributed by atoms with Gasteiger partial charge in [-0.3, -0.25) is 0 Å². The van der Waals surface area contributed by atoms with Crippen molar-refractivity contribution in [3.05, 3.63) is 35.9 Å². The van der Waals surface area contributed by atoms with Gasteiger partial charge in [0.2, 0.25) is 0 Å². The fourth-order valence-corrected chi connectivity index (χ4v) is 1.97. The second kappa shape index (κ2) is 5.79. The summed E-state index contributed by atoms with van der Waals surface area (Å²) in [5.74, 6) is 4.87. The second-order valence-corrected chi connectivity index (χ2v) is 4.59. The molecular formula is C12H15N3O2S. The number of ether oxygens (including phenoxy) is 1. The fourth-order valence-electron chi connectivity index (χ4n) is 1.80. The molecule has 1 aliphatic carbocycles. The highest BCUT2D eigenvalue weighted by Crippen LogP contribution is 2.24. The number of carbonyl (C=O) groups excluding carboxylic acids is 1. The van der Waals surface area contributed by atoms with Crippen LogP contribution in [-0.4, -0.2) is 23.2 Å². The van der Waals surface area contributed by atoms with Crippen LogP contribution in [0.25, 0.3) is 0 Å². The van der Waals surface area contributed by atoms with Crippen molar-refractivity contribution in [3.63, 3.8) is 0 Å². The minimum Gasteiger partial charge on any atom is -0.459 e. The summed E-state index contributed by atoms with van der Waals surface area (Å²) in [7, 11) is 0. The highest BCUT2D eigenvalue weighted by atomic mass is 32.1. The minimum absolute atomic E-state index is 0.0456. The van der Waals surface area contributed by atoms with E-state index in [1.54, 1.807) is 12.1 Å². The van der Waals surface area contributed by atoms with Crippen molar-refractivity contribution in [1.29, 1.82) is 0 Å². The zero-order valence-corrected chi connectivity index (χ0v) is 10.6. The molecule has 0 atom stereocenters. The van der Waals surface area contributed by atoms with Gasteiger partial charge in [0.1, 0.15) is 6.10 Å². The first-order chi connectivity index (χ1) is 8.69. The van der Waals surface area contributed by atoms with Gasteiger partial charge in [-0.2, -0.15) is 0 Å². The quantitative estimate of drug-likeness (QED) is 0.323. The molecule has 0 spiro atoms. The molecule has 0 heterocycles. The monoisotopic (exact) mass is 265 g/mol. The molecule has 0 radical (unpaired) electrons. The highest BCUT2D eigenvalue weighted by molar-refractivity contribution is 7.80. The predicted octanol–water partition coefficient (Wildman–Crippen LogP) is 0.712. The first-order valence-corrected chi connectivity index (χ1v) is 6.13. The molecule has 0 aromatic heterocycles. The smallest absolute Gasteiger partial charge is 0.338 e. The average molecular weight is 265 g/mol. The lowest BCUT2D eigenvalue weighted by molar-refractivity contribution is 0.000730. The maximum atomic E-state index is 11.7. The Labute approximate surface area is 111 Å². The molecule has 96 valence electrons. The van der Waals surface area contributed by atoms with Gasteiger partial charge in [0, 0.05) is 18.9 Å². The van der Waals surface area contributed by atoms with Gasteiger partial charge in [0.25, 0.3) is 0 Å². The van der Waals surface area contributed by atoms with E-state index in [1.807, 2.05) is 18.2 Å². The molecule has 6 heteroatoms. The molecule has 0 bridgehead atoms. The van der Waals surface area contributed by atoms with Crippen LogP contribution in [0.5, 0.6) is 0 Å². The Hall–Kier alpha value is -1.66. The SMILES string of the molecule is NNC(=S)NC1CC(OC(=O)c2ccccc2)C1. The number of hydrogen-bond donors (Lipinski definition) is 3. The molecule has 1 fully saturated rings. The Morgan fingerprint density at radius 3 is 2.61 bits per heavy atom. The van der Waals surface area contributed by atoms with Crippen molar-refractivity contribution in [1.82, 2.24) is 10.7 Å². The number of esters is 1. The lowest BCUT2D eigenvalue weighted by Gasteiger charge is -2.35. The van der Waals surface area contributed by atoms with Crippen molar-refractivity contribution in [2.45, 2.75) is 25.0 Å². The normalized spacial score (nSPS) is 21.6. The number of hydrazine groups is 1. The van der Waals surface area contributed by atoms with Crippen molar-refractivity contribution in [2.24, 2.45) is 5.84 Å². The van der Waals surface area contributed by atoms with Crippen molar-refractivity contribution >= 4 is 23.3 Å². The lowest BCUT2D eigenvalue weighted by atomic mass is 9.89. The standard InChI is InChI=1S/C12H15N3O2S/c13-15-12(18)14-9-6-10(7-9)17-11(16)8-4-2-1-3-5-8/h1-5,9-10H,6-7,13H2,(H2,14,15,18). The van der Waals surface area contributed by atoms with Gasteiger partial charge in [0.15, 0.2) is 5.11 Å². The van der Waals surface area contributed by atoms with Crippen LogP contribution < -0.4 is 16.6 Å². The van der Waals surface area contributed by atoms with Gasteiger partial charge in [-0.25, -0.2) is 10.6 Å². The third-order valence-corrected chi connectivity index (χ3v) is 3.08. The Morgan fingerprint density at radius 2 is 2.00 bits per heavy atom. The number of rotatable bonds is 3. The number of nitrogens with two attached hydrogens (primary N) is 1. The first-order valence-electron chi connectivity index (χ1n) is 5.72. The molecule has 1 saturated carbocycles. The molecule has 18 heavy (non-hydrogen) atoms. The van der Waals surface area contributed by atoms with E-state index < -0.39 is 0 Å². The maximum Gasteiger partial charge on any atom is 0.338 e. The Bertz CT molecular complexity index is 432. The fraction of sp³-hybridized carbons (Fsp3) is 0.333. The van der Waals surface area contributed by atoms with E-state index in [1.165, 1.54) is 0 Å². The predicted molar refractivity (Wildman–Crippen MR) is 71.7 cm³/mol. The van der Waals surface area contributed by atoms with Crippen LogP contribution in [0.15, 0.2) is 30.3 Å². The third kappa shape index (κ3) is 3.18. The summed E-state index contributed by atoms with van der Waals surface area (Å²) >= 11 is 4.88. The first kappa shape index (κ1) is 12.8. The van der Waals surface area contributed by atoms with E-state index in [9.17, 15) is 4.79 Å². The van der Waals surface area contributed by atoms with Crippen molar-refractivity contribution in [3.8, 4) is 0 Å². The van der Waals surface area contributed by atoms with E-state index in [4.69, 9.17) is 22.8 Å². The van der Waals surface area contributed by atoms with E-state index in [2.05, 4.69) is 10.7 Å². The van der Waals surface area contributed by atoms with Gasteiger partial charge < -0.3 is 15.5 Å². The molecule has 0 aliphatic heterocycles. The largest absolute Gasteiger partial charge is 0.459 e. The van der Waals surface area contributed by atoms with Crippen LogP contribution in [0.1, 0.15) is 23.2 Å². The molecule has 1 aromatic rings. The van der Waals surface area contributed by atoms with Crippen LogP contribution in [0.4, 0.5) is 0 Å². The van der Waals surface area contributed by atoms with Crippen LogP contribution in [-0.2, 0) is 4.74 Å². The summed E-state index contributed by atoms with van der Waals surface area (Å²) in [4.78, 5) is 11.7. The van der Waals surface area contributed by atoms with Crippen LogP contribution in [0, 0.1) is 0 Å². The molecule has 1 aliphatic rings. The lowest BCUT2D eigenvalue weighted by Crippen LogP contribution is -2.52. The molecular weight excluding hydrogens is 250 g/mol. The number of benzene rings is 1. The van der Waals surface area contributed by atoms with Crippen LogP contribution >= 0.6 is 12.2 Å². The van der Waals surface area contributed by atoms with Gasteiger partial charge >= 0.3 is 5.97 Å². The molecule has 0 amide bonds. The minimum atomic E-state index is -0.279. The van der Waals surface area contributed by atoms with E-state index in [0.717, 1.165) is 12.8 Å². The van der Waals surface area contributed by atoms with Crippen molar-refractivity contribution < 1.29 is 9.53 Å². The molecule has 0 unspecified atom stereocenters. The highest BCUT2D eigenvalue weighted by Gasteiger charge is 2.32. The van der Waals surface area contributed by atoms with E-state index in [-0.39, 0.29) is 18.1 Å². The topological polar surface area (TPSA) is 76.4 Å². The second-order valence-electron chi connectivity index (χ2n) is 4.18. The van der Waals surface area contributed by atoms with Crippen molar-refractivity contribution in [2.75, 3.05) is 0 Å². The number of thiocarbonyl (C=S) groups is 1. The molecule has 2 rings (SSSR count). The Balaban J connectivity index is 1.74. The Morgan fingerprint density at radius 1 is 1.33 bits per heavy atom. The summed E-state index contributed by atoms with van der Waals surface area (Å²) in [6, 6.07) is 9.19. The van der Waals surface area contributed by atoms with Gasteiger partial charge in [-0.05, 0) is 24.4 Å². The van der Waals surface area contributed by atoms with E-state index in [0.29, 0.717) is 10.7 Å². The summed E-state index contributed by atoms with van der Waals surface area (Å²) < 4.78 is 5.34. The number of hydrogen-bond acceptors (Lipinski definition) is 4. The molecule has 5 nitrogen and oxygen atoms in total. The third-order valence-electron chi connectivity index (χ3n) is 2.84. The van der Waals surface area contributed by atoms with Crippen LogP contribution in [0.3, 0.4) is 0 Å². The maximum absolute atomic E-state index is 11.7. The van der Waals surface area contributed by atoms with Gasteiger partial charge in [-0.1, -0.05) is 18.2 Å². The van der Waals surface area contributed by atoms with Gasteiger partial charge in [0.05, 0.1) is 5.56 Å². The molecule has 1 aromatic carbocycles. The zero-order chi connectivity index (χ0) is 13.0. The van der Waals surface area contributed by atoms with Gasteiger partial charge in [-0.15, -0.1) is 0 Å². The summed E-state index contributed by atoms with van der Waals surface area (Å²) in [6.45, 7) is 0. The summed E-state index contributed by atoms with van der Waals surface area (Å²) in [5, 5.41) is 3.42. The van der Waals surface area contributed by atoms with E-state index >= 15 is 0 Å². The summed E-state index contributed by atoms with van der Waals surface area (Å²) in [6.07, 6.45) is 1.46. The Kier molecular flexibility index (Phi) is 4.11. The molecule has 0 saturated heterocycles. The number of nitrogens with one attached hydrogen (secondary N) is 2. The molecule has 4 N–H and O–H groups in total. The average Bonchev–Trinajstić information content (AvgIpc) is 2.36.